The molecule has 3 amide bonds. The number of rotatable bonds is 7. The van der Waals surface area contributed by atoms with Crippen LogP contribution in [0.2, 0.25) is 0 Å². The number of morpholine rings is 1. The second-order valence-corrected chi connectivity index (χ2v) is 9.86. The maximum absolute atomic E-state index is 12.9. The molecule has 0 radical (unpaired) electrons. The third kappa shape index (κ3) is 6.16. The molecule has 0 unspecified atom stereocenters. The number of hydrogen-bond acceptors (Lipinski definition) is 7. The summed E-state index contributed by atoms with van der Waals surface area (Å²) in [6, 6.07) is 7.77. The molecule has 0 aliphatic carbocycles. The average Bonchev–Trinajstić information content (AvgIpc) is 2.86. The van der Waals surface area contributed by atoms with Gasteiger partial charge in [0.1, 0.15) is 6.04 Å². The number of ether oxygens (including phenoxy) is 1. The molecule has 11 nitrogen and oxygen atoms in total. The molecule has 12 heteroatoms. The Hall–Kier alpha value is -3.35. The predicted molar refractivity (Wildman–Crippen MR) is 122 cm³/mol. The van der Waals surface area contributed by atoms with E-state index in [4.69, 9.17) is 4.74 Å². The Morgan fingerprint density at radius 3 is 2.35 bits per heavy atom. The lowest BCUT2D eigenvalue weighted by molar-refractivity contribution is -0.124. The predicted octanol–water partition coefficient (Wildman–Crippen LogP) is 0.318. The third-order valence-electron chi connectivity index (χ3n) is 5.16. The van der Waals surface area contributed by atoms with Crippen molar-refractivity contribution in [2.75, 3.05) is 26.3 Å². The highest BCUT2D eigenvalue weighted by atomic mass is 32.2. The Labute approximate surface area is 197 Å². The van der Waals surface area contributed by atoms with E-state index in [1.54, 1.807) is 19.9 Å². The molecular formula is C22H27N5O6S. The van der Waals surface area contributed by atoms with Crippen molar-refractivity contribution < 1.29 is 27.5 Å². The smallest absolute Gasteiger partial charge is 0.271 e. The molecule has 182 valence electrons. The van der Waals surface area contributed by atoms with Crippen LogP contribution in [0, 0.1) is 5.92 Å². The molecule has 1 aliphatic rings. The first-order valence-corrected chi connectivity index (χ1v) is 12.1. The summed E-state index contributed by atoms with van der Waals surface area (Å²) in [6.45, 7) is 4.54. The maximum atomic E-state index is 12.9. The van der Waals surface area contributed by atoms with Crippen LogP contribution < -0.4 is 16.2 Å². The summed E-state index contributed by atoms with van der Waals surface area (Å²) >= 11 is 0. The molecular weight excluding hydrogens is 462 g/mol. The van der Waals surface area contributed by atoms with Gasteiger partial charge in [0, 0.05) is 31.0 Å². The molecule has 0 bridgehead atoms. The number of nitrogens with one attached hydrogen (secondary N) is 3. The summed E-state index contributed by atoms with van der Waals surface area (Å²) < 4.78 is 32.3. The van der Waals surface area contributed by atoms with Crippen molar-refractivity contribution in [3.63, 3.8) is 0 Å². The van der Waals surface area contributed by atoms with Crippen LogP contribution in [0.4, 0.5) is 0 Å². The van der Waals surface area contributed by atoms with Crippen molar-refractivity contribution in [3.05, 3.63) is 59.9 Å². The number of aromatic nitrogens is 1. The number of sulfonamides is 1. The number of carbonyl (C=O) groups is 3. The van der Waals surface area contributed by atoms with E-state index in [0.29, 0.717) is 13.2 Å². The molecule has 1 fully saturated rings. The Morgan fingerprint density at radius 2 is 1.71 bits per heavy atom. The van der Waals surface area contributed by atoms with Crippen LogP contribution >= 0.6 is 0 Å². The molecule has 0 saturated carbocycles. The van der Waals surface area contributed by atoms with Gasteiger partial charge in [-0.15, -0.1) is 0 Å². The van der Waals surface area contributed by atoms with Gasteiger partial charge in [-0.1, -0.05) is 19.9 Å². The quantitative estimate of drug-likeness (QED) is 0.475. The summed E-state index contributed by atoms with van der Waals surface area (Å²) in [5.74, 6) is -2.13. The molecule has 1 aromatic carbocycles. The Morgan fingerprint density at radius 1 is 1.00 bits per heavy atom. The van der Waals surface area contributed by atoms with E-state index >= 15 is 0 Å². The van der Waals surface area contributed by atoms with Crippen molar-refractivity contribution in [1.29, 1.82) is 0 Å². The molecule has 1 atom stereocenters. The Balaban J connectivity index is 1.68. The molecule has 2 heterocycles. The maximum Gasteiger partial charge on any atom is 0.271 e. The summed E-state index contributed by atoms with van der Waals surface area (Å²) in [5, 5.41) is 2.61. The van der Waals surface area contributed by atoms with Crippen molar-refractivity contribution in [1.82, 2.24) is 25.5 Å². The molecule has 3 rings (SSSR count). The van der Waals surface area contributed by atoms with Gasteiger partial charge in [0.2, 0.25) is 10.0 Å². The van der Waals surface area contributed by atoms with E-state index < -0.39 is 33.8 Å². The van der Waals surface area contributed by atoms with Gasteiger partial charge < -0.3 is 10.1 Å². The highest BCUT2D eigenvalue weighted by Gasteiger charge is 2.28. The van der Waals surface area contributed by atoms with Crippen LogP contribution in [-0.2, 0) is 19.6 Å². The van der Waals surface area contributed by atoms with Gasteiger partial charge in [-0.05, 0) is 36.2 Å². The van der Waals surface area contributed by atoms with Crippen molar-refractivity contribution in [2.24, 2.45) is 5.92 Å². The lowest BCUT2D eigenvalue weighted by atomic mass is 10.0. The zero-order valence-corrected chi connectivity index (χ0v) is 19.7. The monoisotopic (exact) mass is 489 g/mol. The van der Waals surface area contributed by atoms with E-state index in [2.05, 4.69) is 21.2 Å². The normalized spacial score (nSPS) is 15.4. The molecule has 1 aromatic heterocycles. The number of hydrazine groups is 1. The number of amides is 3. The fraction of sp³-hybridized carbons (Fsp3) is 0.364. The van der Waals surface area contributed by atoms with Crippen molar-refractivity contribution in [2.45, 2.75) is 24.8 Å². The van der Waals surface area contributed by atoms with Gasteiger partial charge in [-0.25, -0.2) is 8.42 Å². The van der Waals surface area contributed by atoms with Crippen LogP contribution in [-0.4, -0.2) is 67.8 Å². The largest absolute Gasteiger partial charge is 0.379 e. The first-order chi connectivity index (χ1) is 16.2. The Kier molecular flexibility index (Phi) is 8.31. The van der Waals surface area contributed by atoms with Gasteiger partial charge in [-0.3, -0.25) is 30.2 Å². The first-order valence-electron chi connectivity index (χ1n) is 10.7. The van der Waals surface area contributed by atoms with Gasteiger partial charge in [0.15, 0.2) is 0 Å². The van der Waals surface area contributed by atoms with E-state index in [0.717, 1.165) is 0 Å². The van der Waals surface area contributed by atoms with Crippen LogP contribution in [0.5, 0.6) is 0 Å². The summed E-state index contributed by atoms with van der Waals surface area (Å²) in [6.07, 6.45) is 2.86. The average molecular weight is 490 g/mol. The van der Waals surface area contributed by atoms with E-state index in [9.17, 15) is 22.8 Å². The zero-order chi connectivity index (χ0) is 24.7. The number of benzene rings is 1. The van der Waals surface area contributed by atoms with Crippen LogP contribution in [0.3, 0.4) is 0 Å². The fourth-order valence-corrected chi connectivity index (χ4v) is 4.71. The molecule has 3 N–H and O–H groups in total. The minimum atomic E-state index is -3.78. The van der Waals surface area contributed by atoms with E-state index in [1.807, 2.05) is 0 Å². The van der Waals surface area contributed by atoms with Gasteiger partial charge in [0.25, 0.3) is 17.7 Å². The topological polar surface area (TPSA) is 147 Å². The first kappa shape index (κ1) is 25.3. The van der Waals surface area contributed by atoms with Crippen molar-refractivity contribution >= 4 is 27.7 Å². The van der Waals surface area contributed by atoms with Crippen LogP contribution in [0.1, 0.15) is 34.6 Å². The molecule has 1 aliphatic heterocycles. The summed E-state index contributed by atoms with van der Waals surface area (Å²) in [7, 11) is -3.78. The van der Waals surface area contributed by atoms with Crippen LogP contribution in [0.25, 0.3) is 0 Å². The minimum absolute atomic E-state index is 0.0173. The molecule has 34 heavy (non-hydrogen) atoms. The molecule has 1 saturated heterocycles. The van der Waals surface area contributed by atoms with Gasteiger partial charge in [-0.2, -0.15) is 4.31 Å². The van der Waals surface area contributed by atoms with Gasteiger partial charge >= 0.3 is 0 Å². The highest BCUT2D eigenvalue weighted by molar-refractivity contribution is 7.89. The standard InChI is InChI=1S/C22H27N5O6S/c1-15(2)19(22(30)26-25-21(29)17-6-4-8-23-14-17)24-20(28)16-5-3-7-18(13-16)34(31,32)27-9-11-33-12-10-27/h3-8,13-15,19H,9-12H2,1-2H3,(H,24,28)(H,25,29)(H,26,30)/t19-/m0/s1. The number of carbonyl (C=O) groups excluding carboxylic acids is 3. The lowest BCUT2D eigenvalue weighted by Gasteiger charge is -2.26. The van der Waals surface area contributed by atoms with E-state index in [1.165, 1.54) is 47.0 Å². The second kappa shape index (κ2) is 11.2. The number of pyridine rings is 1. The fourth-order valence-electron chi connectivity index (χ4n) is 3.26. The molecule has 0 spiro atoms. The van der Waals surface area contributed by atoms with Crippen LogP contribution in [0.15, 0.2) is 53.7 Å². The third-order valence-corrected chi connectivity index (χ3v) is 7.06. The van der Waals surface area contributed by atoms with E-state index in [-0.39, 0.29) is 35.0 Å². The van der Waals surface area contributed by atoms with Crippen molar-refractivity contribution in [3.8, 4) is 0 Å². The summed E-state index contributed by atoms with van der Waals surface area (Å²) in [4.78, 5) is 41.5. The lowest BCUT2D eigenvalue weighted by Crippen LogP contribution is -2.54. The second-order valence-electron chi connectivity index (χ2n) is 7.92. The minimum Gasteiger partial charge on any atom is -0.379 e. The molecule has 2 aromatic rings. The number of hydrogen-bond donors (Lipinski definition) is 3. The SMILES string of the molecule is CC(C)[C@H](NC(=O)c1cccc(S(=O)(=O)N2CCOCC2)c1)C(=O)NNC(=O)c1cccnc1. The van der Waals surface area contributed by atoms with Gasteiger partial charge in [0.05, 0.1) is 23.7 Å². The number of nitrogens with zero attached hydrogens (tertiary/aromatic N) is 2. The Bertz CT molecular complexity index is 1130. The summed E-state index contributed by atoms with van der Waals surface area (Å²) in [5.41, 5.74) is 4.94. The zero-order valence-electron chi connectivity index (χ0n) is 18.9. The highest BCUT2D eigenvalue weighted by Crippen LogP contribution is 2.18.